The molecule has 178 valence electrons. The Morgan fingerprint density at radius 2 is 1.88 bits per heavy atom. The van der Waals surface area contributed by atoms with Crippen LogP contribution >= 0.6 is 0 Å². The number of aryl methyl sites for hydroxylation is 1. The number of rotatable bonds is 10. The number of carbonyl (C=O) groups is 2. The summed E-state index contributed by atoms with van der Waals surface area (Å²) in [5, 5.41) is 13.6. The van der Waals surface area contributed by atoms with E-state index in [0.29, 0.717) is 37.4 Å². The van der Waals surface area contributed by atoms with Gasteiger partial charge in [-0.3, -0.25) is 9.59 Å². The summed E-state index contributed by atoms with van der Waals surface area (Å²) in [6.45, 7) is 6.93. The van der Waals surface area contributed by atoms with Crippen LogP contribution in [0.25, 0.3) is 0 Å². The predicted molar refractivity (Wildman–Crippen MR) is 129 cm³/mol. The number of aromatic hydroxyl groups is 1. The first-order valence-corrected chi connectivity index (χ1v) is 11.6. The molecule has 2 aromatic rings. The number of ether oxygens (including phenoxy) is 1. The third kappa shape index (κ3) is 5.85. The lowest BCUT2D eigenvalue weighted by molar-refractivity contribution is 0.0748. The van der Waals surface area contributed by atoms with E-state index in [9.17, 15) is 14.7 Å². The van der Waals surface area contributed by atoms with E-state index < -0.39 is 0 Å². The van der Waals surface area contributed by atoms with Gasteiger partial charge in [-0.25, -0.2) is 0 Å². The van der Waals surface area contributed by atoms with Crippen LogP contribution < -0.4 is 10.1 Å². The Balaban J connectivity index is 1.74. The van der Waals surface area contributed by atoms with Crippen LogP contribution in [-0.4, -0.2) is 60.5 Å². The van der Waals surface area contributed by atoms with E-state index in [1.807, 2.05) is 25.2 Å². The van der Waals surface area contributed by atoms with E-state index in [2.05, 4.69) is 12.2 Å². The zero-order valence-electron chi connectivity index (χ0n) is 20.1. The molecule has 2 aromatic carbocycles. The highest BCUT2D eigenvalue weighted by atomic mass is 16.5. The SMILES string of the molecule is CCCCN(C)C(=O)c1cc(C(=O)N2Cc3ccc(OCCCNC)cc3C2)c(O)cc1C. The molecule has 1 aliphatic heterocycles. The lowest BCUT2D eigenvalue weighted by Gasteiger charge is -2.20. The van der Waals surface area contributed by atoms with Gasteiger partial charge in [-0.05, 0) is 74.3 Å². The Morgan fingerprint density at radius 1 is 1.12 bits per heavy atom. The minimum atomic E-state index is -0.287. The molecule has 0 aliphatic carbocycles. The molecule has 33 heavy (non-hydrogen) atoms. The van der Waals surface area contributed by atoms with Crippen molar-refractivity contribution in [3.63, 3.8) is 0 Å². The summed E-state index contributed by atoms with van der Waals surface area (Å²) in [7, 11) is 3.68. The fraction of sp³-hybridized carbons (Fsp3) is 0.462. The summed E-state index contributed by atoms with van der Waals surface area (Å²) in [4.78, 5) is 29.6. The average molecular weight is 454 g/mol. The third-order valence-electron chi connectivity index (χ3n) is 6.02. The van der Waals surface area contributed by atoms with Crippen molar-refractivity contribution >= 4 is 11.8 Å². The average Bonchev–Trinajstić information content (AvgIpc) is 3.23. The van der Waals surface area contributed by atoms with Crippen molar-refractivity contribution in [3.05, 3.63) is 58.1 Å². The third-order valence-corrected chi connectivity index (χ3v) is 6.02. The zero-order valence-corrected chi connectivity index (χ0v) is 20.1. The number of nitrogens with one attached hydrogen (secondary N) is 1. The number of carbonyl (C=O) groups excluding carboxylic acids is 2. The molecule has 1 aliphatic rings. The van der Waals surface area contributed by atoms with E-state index in [1.54, 1.807) is 23.8 Å². The molecule has 1 heterocycles. The fourth-order valence-corrected chi connectivity index (χ4v) is 4.01. The van der Waals surface area contributed by atoms with Gasteiger partial charge in [0.2, 0.25) is 0 Å². The number of hydrogen-bond donors (Lipinski definition) is 2. The number of fused-ring (bicyclic) bond motifs is 1. The second-order valence-corrected chi connectivity index (χ2v) is 8.66. The van der Waals surface area contributed by atoms with Crippen molar-refractivity contribution in [3.8, 4) is 11.5 Å². The van der Waals surface area contributed by atoms with E-state index in [1.165, 1.54) is 12.1 Å². The Morgan fingerprint density at radius 3 is 2.61 bits per heavy atom. The molecule has 0 spiro atoms. The van der Waals surface area contributed by atoms with Gasteiger partial charge in [0.15, 0.2) is 0 Å². The highest BCUT2D eigenvalue weighted by molar-refractivity contribution is 6.02. The first-order valence-electron chi connectivity index (χ1n) is 11.6. The number of unbranched alkanes of at least 4 members (excludes halogenated alkanes) is 1. The molecule has 0 aromatic heterocycles. The van der Waals surface area contributed by atoms with Gasteiger partial charge in [0.25, 0.3) is 11.8 Å². The van der Waals surface area contributed by atoms with Crippen molar-refractivity contribution in [2.75, 3.05) is 33.8 Å². The number of amides is 2. The van der Waals surface area contributed by atoms with E-state index in [-0.39, 0.29) is 23.1 Å². The monoisotopic (exact) mass is 453 g/mol. The molecule has 2 amide bonds. The van der Waals surface area contributed by atoms with Crippen molar-refractivity contribution in [1.82, 2.24) is 15.1 Å². The van der Waals surface area contributed by atoms with Crippen molar-refractivity contribution in [2.45, 2.75) is 46.2 Å². The molecule has 0 atom stereocenters. The summed E-state index contributed by atoms with van der Waals surface area (Å²) < 4.78 is 5.81. The van der Waals surface area contributed by atoms with Crippen LogP contribution in [0.5, 0.6) is 11.5 Å². The van der Waals surface area contributed by atoms with Crippen LogP contribution in [0.3, 0.4) is 0 Å². The van der Waals surface area contributed by atoms with Crippen LogP contribution in [0.2, 0.25) is 0 Å². The van der Waals surface area contributed by atoms with E-state index >= 15 is 0 Å². The number of nitrogens with zero attached hydrogens (tertiary/aromatic N) is 2. The Kier molecular flexibility index (Phi) is 8.33. The van der Waals surface area contributed by atoms with Crippen molar-refractivity contribution < 1.29 is 19.4 Å². The van der Waals surface area contributed by atoms with Crippen molar-refractivity contribution in [1.29, 1.82) is 0 Å². The maximum atomic E-state index is 13.3. The molecule has 2 N–H and O–H groups in total. The molecule has 0 saturated heterocycles. The minimum absolute atomic E-state index is 0.102. The first kappa shape index (κ1) is 24.6. The number of benzene rings is 2. The second kappa shape index (κ2) is 11.2. The normalized spacial score (nSPS) is 12.5. The van der Waals surface area contributed by atoms with E-state index in [4.69, 9.17) is 4.74 Å². The summed E-state index contributed by atoms with van der Waals surface area (Å²) >= 11 is 0. The smallest absolute Gasteiger partial charge is 0.258 e. The lowest BCUT2D eigenvalue weighted by Crippen LogP contribution is -2.29. The van der Waals surface area contributed by atoms with Gasteiger partial charge in [0, 0.05) is 32.2 Å². The molecule has 0 bridgehead atoms. The molecule has 0 radical (unpaired) electrons. The first-order chi connectivity index (χ1) is 15.8. The quantitative estimate of drug-likeness (QED) is 0.536. The Labute approximate surface area is 196 Å². The second-order valence-electron chi connectivity index (χ2n) is 8.66. The highest BCUT2D eigenvalue weighted by Crippen LogP contribution is 2.31. The summed E-state index contributed by atoms with van der Waals surface area (Å²) in [6.07, 6.45) is 2.83. The Hall–Kier alpha value is -3.06. The summed E-state index contributed by atoms with van der Waals surface area (Å²) in [6, 6.07) is 8.95. The van der Waals surface area contributed by atoms with Gasteiger partial charge >= 0.3 is 0 Å². The fourth-order valence-electron chi connectivity index (χ4n) is 4.01. The highest BCUT2D eigenvalue weighted by Gasteiger charge is 2.28. The minimum Gasteiger partial charge on any atom is -0.507 e. The standard InChI is InChI=1S/C26H35N3O4/c1-5-6-11-28(4)25(31)22-15-23(24(30)13-18(22)2)26(32)29-16-19-8-9-21(14-20(19)17-29)33-12-7-10-27-3/h8-9,13-15,27,30H,5-7,10-12,16-17H2,1-4H3. The molecule has 0 unspecified atom stereocenters. The number of phenols is 1. The maximum Gasteiger partial charge on any atom is 0.258 e. The van der Waals surface area contributed by atoms with Crippen LogP contribution in [0.15, 0.2) is 30.3 Å². The number of hydrogen-bond acceptors (Lipinski definition) is 5. The number of phenolic OH excluding ortho intramolecular Hbond substituents is 1. The molecule has 0 saturated carbocycles. The molecule has 7 heteroatoms. The summed E-state index contributed by atoms with van der Waals surface area (Å²) in [5.74, 6) is 0.264. The topological polar surface area (TPSA) is 82.1 Å². The zero-order chi connectivity index (χ0) is 24.0. The Bertz CT molecular complexity index is 1010. The van der Waals surface area contributed by atoms with Gasteiger partial charge < -0.3 is 25.0 Å². The van der Waals surface area contributed by atoms with E-state index in [0.717, 1.165) is 42.7 Å². The summed E-state index contributed by atoms with van der Waals surface area (Å²) in [5.41, 5.74) is 3.36. The van der Waals surface area contributed by atoms with Crippen molar-refractivity contribution in [2.24, 2.45) is 0 Å². The largest absolute Gasteiger partial charge is 0.507 e. The van der Waals surface area contributed by atoms with Gasteiger partial charge in [-0.2, -0.15) is 0 Å². The van der Waals surface area contributed by atoms with Crippen LogP contribution in [0.1, 0.15) is 63.6 Å². The molecule has 0 fully saturated rings. The lowest BCUT2D eigenvalue weighted by atomic mass is 10.0. The predicted octanol–water partition coefficient (Wildman–Crippen LogP) is 3.72. The van der Waals surface area contributed by atoms with Gasteiger partial charge in [-0.15, -0.1) is 0 Å². The van der Waals surface area contributed by atoms with Crippen LogP contribution in [0.4, 0.5) is 0 Å². The molecular formula is C26H35N3O4. The molecular weight excluding hydrogens is 418 g/mol. The maximum absolute atomic E-state index is 13.3. The molecule has 7 nitrogen and oxygen atoms in total. The van der Waals surface area contributed by atoms with Gasteiger partial charge in [0.05, 0.1) is 12.2 Å². The van der Waals surface area contributed by atoms with Crippen LogP contribution in [-0.2, 0) is 13.1 Å². The van der Waals surface area contributed by atoms with Crippen LogP contribution in [0, 0.1) is 6.92 Å². The van der Waals surface area contributed by atoms with Gasteiger partial charge in [0.1, 0.15) is 11.5 Å². The molecule has 3 rings (SSSR count). The van der Waals surface area contributed by atoms with Gasteiger partial charge in [-0.1, -0.05) is 19.4 Å².